The topological polar surface area (TPSA) is 73.5 Å². The predicted octanol–water partition coefficient (Wildman–Crippen LogP) is 4.25. The van der Waals surface area contributed by atoms with Crippen molar-refractivity contribution in [2.24, 2.45) is 0 Å². The van der Waals surface area contributed by atoms with Gasteiger partial charge in [-0.25, -0.2) is 4.79 Å². The summed E-state index contributed by atoms with van der Waals surface area (Å²) in [5.41, 5.74) is 2.64. The van der Waals surface area contributed by atoms with Crippen molar-refractivity contribution in [2.45, 2.75) is 38.9 Å². The standard InChI is InChI=1S/C21H26F3N5O2/c1-13-19(14(2)27-26-13)18-4-3-7-29(18)20(30)25-16-12-15(21(22,23)24)5-6-17(16)28-8-10-31-11-9-28/h5-6,12,18H,3-4,7-11H2,1-2H3,(H,25,30)(H,26,27). The van der Waals surface area contributed by atoms with E-state index in [4.69, 9.17) is 4.74 Å². The number of anilines is 2. The Bertz CT molecular complexity index is 933. The number of hydrogen-bond donors (Lipinski definition) is 2. The summed E-state index contributed by atoms with van der Waals surface area (Å²) in [5, 5.41) is 9.94. The number of aromatic nitrogens is 2. The van der Waals surface area contributed by atoms with Crippen LogP contribution in [-0.4, -0.2) is 54.0 Å². The van der Waals surface area contributed by atoms with Crippen LogP contribution in [0.2, 0.25) is 0 Å². The first-order valence-electron chi connectivity index (χ1n) is 10.4. The fourth-order valence-electron chi connectivity index (χ4n) is 4.44. The Kier molecular flexibility index (Phi) is 5.83. The fraction of sp³-hybridized carbons (Fsp3) is 0.524. The number of amides is 2. The van der Waals surface area contributed by atoms with E-state index in [0.717, 1.165) is 41.9 Å². The number of urea groups is 1. The van der Waals surface area contributed by atoms with Crippen molar-refractivity contribution in [1.82, 2.24) is 15.1 Å². The highest BCUT2D eigenvalue weighted by Gasteiger charge is 2.35. The van der Waals surface area contributed by atoms with Gasteiger partial charge in [0, 0.05) is 30.9 Å². The molecular formula is C21H26F3N5O2. The lowest BCUT2D eigenvalue weighted by Gasteiger charge is -2.32. The fourth-order valence-corrected chi connectivity index (χ4v) is 4.44. The van der Waals surface area contributed by atoms with Crippen LogP contribution in [0.3, 0.4) is 0 Å². The number of halogens is 3. The highest BCUT2D eigenvalue weighted by atomic mass is 19.4. The summed E-state index contributed by atoms with van der Waals surface area (Å²) in [6, 6.07) is 2.93. The van der Waals surface area contributed by atoms with Crippen LogP contribution in [0.25, 0.3) is 0 Å². The van der Waals surface area contributed by atoms with Crippen LogP contribution in [-0.2, 0) is 10.9 Å². The molecule has 168 valence electrons. The molecule has 1 aromatic carbocycles. The third-order valence-corrected chi connectivity index (χ3v) is 5.95. The number of ether oxygens (including phenoxy) is 1. The third-order valence-electron chi connectivity index (χ3n) is 5.95. The summed E-state index contributed by atoms with van der Waals surface area (Å²) in [4.78, 5) is 16.8. The van der Waals surface area contributed by atoms with Crippen molar-refractivity contribution < 1.29 is 22.7 Å². The van der Waals surface area contributed by atoms with Crippen molar-refractivity contribution in [1.29, 1.82) is 0 Å². The third kappa shape index (κ3) is 4.34. The van der Waals surface area contributed by atoms with Crippen LogP contribution >= 0.6 is 0 Å². The molecule has 2 aliphatic heterocycles. The van der Waals surface area contributed by atoms with Gasteiger partial charge in [-0.05, 0) is 44.9 Å². The largest absolute Gasteiger partial charge is 0.416 e. The molecule has 0 bridgehead atoms. The van der Waals surface area contributed by atoms with E-state index in [-0.39, 0.29) is 11.7 Å². The molecular weight excluding hydrogens is 411 g/mol. The SMILES string of the molecule is Cc1n[nH]c(C)c1C1CCCN1C(=O)Nc1cc(C(F)(F)F)ccc1N1CCOCC1. The predicted molar refractivity (Wildman–Crippen MR) is 110 cm³/mol. The molecule has 0 radical (unpaired) electrons. The summed E-state index contributed by atoms with van der Waals surface area (Å²) in [6.07, 6.45) is -2.89. The summed E-state index contributed by atoms with van der Waals surface area (Å²) in [7, 11) is 0. The summed E-state index contributed by atoms with van der Waals surface area (Å²) >= 11 is 0. The summed E-state index contributed by atoms with van der Waals surface area (Å²) in [5.74, 6) is 0. The van der Waals surface area contributed by atoms with Gasteiger partial charge in [0.05, 0.1) is 41.9 Å². The van der Waals surface area contributed by atoms with Gasteiger partial charge in [0.25, 0.3) is 0 Å². The molecule has 0 spiro atoms. The van der Waals surface area contributed by atoms with E-state index in [2.05, 4.69) is 15.5 Å². The van der Waals surface area contributed by atoms with E-state index in [1.807, 2.05) is 18.7 Å². The second-order valence-electron chi connectivity index (χ2n) is 7.96. The number of nitrogens with zero attached hydrogens (tertiary/aromatic N) is 3. The number of hydrogen-bond acceptors (Lipinski definition) is 4. The number of aryl methyl sites for hydroxylation is 2. The number of carbonyl (C=O) groups excluding carboxylic acids is 1. The van der Waals surface area contributed by atoms with Crippen LogP contribution in [0.15, 0.2) is 18.2 Å². The molecule has 10 heteroatoms. The van der Waals surface area contributed by atoms with Gasteiger partial charge in [-0.3, -0.25) is 5.10 Å². The molecule has 2 amide bonds. The molecule has 2 fully saturated rings. The number of rotatable bonds is 3. The Morgan fingerprint density at radius 2 is 1.97 bits per heavy atom. The van der Waals surface area contributed by atoms with Gasteiger partial charge in [0.15, 0.2) is 0 Å². The minimum Gasteiger partial charge on any atom is -0.378 e. The second kappa shape index (κ2) is 8.41. The van der Waals surface area contributed by atoms with Gasteiger partial charge in [-0.1, -0.05) is 0 Å². The van der Waals surface area contributed by atoms with Gasteiger partial charge in [-0.15, -0.1) is 0 Å². The zero-order valence-corrected chi connectivity index (χ0v) is 17.6. The molecule has 1 unspecified atom stereocenters. The van der Waals surface area contributed by atoms with E-state index in [1.54, 1.807) is 4.90 Å². The molecule has 7 nitrogen and oxygen atoms in total. The number of H-pyrrole nitrogens is 1. The van der Waals surface area contributed by atoms with Crippen molar-refractivity contribution in [3.05, 3.63) is 40.7 Å². The molecule has 1 atom stereocenters. The first-order valence-corrected chi connectivity index (χ1v) is 10.4. The number of aromatic amines is 1. The molecule has 1 aromatic heterocycles. The van der Waals surface area contributed by atoms with Gasteiger partial charge in [0.1, 0.15) is 0 Å². The zero-order valence-electron chi connectivity index (χ0n) is 17.6. The lowest BCUT2D eigenvalue weighted by molar-refractivity contribution is -0.137. The lowest BCUT2D eigenvalue weighted by atomic mass is 10.0. The Morgan fingerprint density at radius 1 is 1.23 bits per heavy atom. The number of benzene rings is 1. The van der Waals surface area contributed by atoms with Gasteiger partial charge < -0.3 is 19.9 Å². The first-order chi connectivity index (χ1) is 14.8. The minimum atomic E-state index is -4.50. The maximum absolute atomic E-state index is 13.3. The van der Waals surface area contributed by atoms with Crippen molar-refractivity contribution in [2.75, 3.05) is 43.1 Å². The van der Waals surface area contributed by atoms with Crippen LogP contribution < -0.4 is 10.2 Å². The van der Waals surface area contributed by atoms with E-state index in [9.17, 15) is 18.0 Å². The van der Waals surface area contributed by atoms with Gasteiger partial charge in [0.2, 0.25) is 0 Å². The van der Waals surface area contributed by atoms with Crippen molar-refractivity contribution in [3.63, 3.8) is 0 Å². The van der Waals surface area contributed by atoms with Crippen LogP contribution in [0.5, 0.6) is 0 Å². The minimum absolute atomic E-state index is 0.156. The Morgan fingerprint density at radius 3 is 2.61 bits per heavy atom. The number of likely N-dealkylation sites (tertiary alicyclic amines) is 1. The quantitative estimate of drug-likeness (QED) is 0.753. The normalized spacial score (nSPS) is 19.7. The average Bonchev–Trinajstić information content (AvgIpc) is 3.34. The first kappa shape index (κ1) is 21.5. The van der Waals surface area contributed by atoms with E-state index in [0.29, 0.717) is 38.5 Å². The van der Waals surface area contributed by atoms with Crippen LogP contribution in [0.1, 0.15) is 41.4 Å². The zero-order chi connectivity index (χ0) is 22.2. The number of carbonyl (C=O) groups is 1. The lowest BCUT2D eigenvalue weighted by Crippen LogP contribution is -2.38. The highest BCUT2D eigenvalue weighted by Crippen LogP contribution is 2.38. The summed E-state index contributed by atoms with van der Waals surface area (Å²) in [6.45, 7) is 6.40. The Labute approximate surface area is 178 Å². The maximum Gasteiger partial charge on any atom is 0.416 e. The second-order valence-corrected chi connectivity index (χ2v) is 7.96. The molecule has 2 aromatic rings. The number of nitrogens with one attached hydrogen (secondary N) is 2. The summed E-state index contributed by atoms with van der Waals surface area (Å²) < 4.78 is 45.4. The van der Waals surface area contributed by atoms with E-state index in [1.165, 1.54) is 6.07 Å². The van der Waals surface area contributed by atoms with Gasteiger partial charge >= 0.3 is 12.2 Å². The number of morpholine rings is 1. The molecule has 4 rings (SSSR count). The van der Waals surface area contributed by atoms with Crippen molar-refractivity contribution in [3.8, 4) is 0 Å². The van der Waals surface area contributed by atoms with E-state index < -0.39 is 17.8 Å². The Balaban J connectivity index is 1.63. The van der Waals surface area contributed by atoms with Crippen LogP contribution in [0, 0.1) is 13.8 Å². The maximum atomic E-state index is 13.3. The highest BCUT2D eigenvalue weighted by molar-refractivity contribution is 5.94. The average molecular weight is 437 g/mol. The monoisotopic (exact) mass is 437 g/mol. The van der Waals surface area contributed by atoms with Gasteiger partial charge in [-0.2, -0.15) is 18.3 Å². The van der Waals surface area contributed by atoms with Crippen LogP contribution in [0.4, 0.5) is 29.3 Å². The smallest absolute Gasteiger partial charge is 0.378 e. The molecule has 0 aliphatic carbocycles. The molecule has 2 aliphatic rings. The Hall–Kier alpha value is -2.75. The molecule has 31 heavy (non-hydrogen) atoms. The van der Waals surface area contributed by atoms with E-state index >= 15 is 0 Å². The molecule has 2 N–H and O–H groups in total. The molecule has 3 heterocycles. The number of alkyl halides is 3. The molecule has 2 saturated heterocycles. The molecule has 0 saturated carbocycles. The van der Waals surface area contributed by atoms with Crippen molar-refractivity contribution >= 4 is 17.4 Å².